The molecule has 4 rings (SSSR count). The largest absolute Gasteiger partial charge is 0.508 e. The number of amides is 2. The van der Waals surface area contributed by atoms with Gasteiger partial charge in [-0.15, -0.1) is 11.8 Å². The van der Waals surface area contributed by atoms with Gasteiger partial charge in [0.05, 0.1) is 16.3 Å². The second-order valence-electron chi connectivity index (χ2n) is 6.24. The molecule has 29 heavy (non-hydrogen) atoms. The fraction of sp³-hybridized carbons (Fsp3) is 0.235. The van der Waals surface area contributed by atoms with Crippen molar-refractivity contribution in [3.05, 3.63) is 40.3 Å². The van der Waals surface area contributed by atoms with Crippen molar-refractivity contribution < 1.29 is 14.7 Å². The van der Waals surface area contributed by atoms with Crippen LogP contribution in [0.25, 0.3) is 10.7 Å². The average molecular weight is 449 g/mol. The van der Waals surface area contributed by atoms with Crippen molar-refractivity contribution in [3.63, 3.8) is 0 Å². The number of phenols is 1. The van der Waals surface area contributed by atoms with Crippen LogP contribution in [0.3, 0.4) is 0 Å². The van der Waals surface area contributed by atoms with Crippen molar-refractivity contribution in [1.29, 1.82) is 0 Å². The Hall–Kier alpha value is -2.70. The Labute approximate surface area is 178 Å². The highest BCUT2D eigenvalue weighted by Gasteiger charge is 2.38. The van der Waals surface area contributed by atoms with Gasteiger partial charge in [-0.05, 0) is 25.2 Å². The number of para-hydroxylation sites is 1. The lowest BCUT2D eigenvalue weighted by atomic mass is 10.2. The van der Waals surface area contributed by atoms with Crippen LogP contribution in [0.2, 0.25) is 0 Å². The van der Waals surface area contributed by atoms with Gasteiger partial charge in [0, 0.05) is 12.5 Å². The van der Waals surface area contributed by atoms with Crippen LogP contribution in [-0.2, 0) is 9.59 Å². The number of aromatic nitrogens is 4. The van der Waals surface area contributed by atoms with E-state index in [-0.39, 0.29) is 28.1 Å². The first-order chi connectivity index (χ1) is 13.9. The smallest absolute Gasteiger partial charge is 0.252 e. The van der Waals surface area contributed by atoms with E-state index in [1.165, 1.54) is 39.7 Å². The molecule has 1 saturated heterocycles. The van der Waals surface area contributed by atoms with Gasteiger partial charge in [0.2, 0.25) is 10.7 Å². The number of H-pyrrole nitrogens is 1. The zero-order valence-electron chi connectivity index (χ0n) is 15.4. The molecule has 3 aromatic rings. The highest BCUT2D eigenvalue weighted by Crippen LogP contribution is 2.42. The summed E-state index contributed by atoms with van der Waals surface area (Å²) in [4.78, 5) is 29.2. The second-order valence-corrected chi connectivity index (χ2v) is 8.69. The third kappa shape index (κ3) is 3.54. The zero-order valence-corrected chi connectivity index (χ0v) is 17.8. The van der Waals surface area contributed by atoms with E-state index in [0.29, 0.717) is 27.1 Å². The Morgan fingerprint density at radius 3 is 2.90 bits per heavy atom. The Balaban J connectivity index is 1.82. The van der Waals surface area contributed by atoms with Crippen molar-refractivity contribution in [3.8, 4) is 16.5 Å². The Bertz CT molecular complexity index is 1170. The summed E-state index contributed by atoms with van der Waals surface area (Å²) >= 11 is 8.05. The summed E-state index contributed by atoms with van der Waals surface area (Å²) in [5.74, 6) is 0.367. The van der Waals surface area contributed by atoms with Crippen LogP contribution >= 0.6 is 35.3 Å². The minimum absolute atomic E-state index is 0.100. The average Bonchev–Trinajstić information content (AvgIpc) is 3.32. The van der Waals surface area contributed by atoms with Crippen molar-refractivity contribution in [2.45, 2.75) is 19.2 Å². The zero-order chi connectivity index (χ0) is 20.7. The third-order valence-electron chi connectivity index (χ3n) is 4.19. The van der Waals surface area contributed by atoms with Gasteiger partial charge in [0.25, 0.3) is 5.91 Å². The lowest BCUT2D eigenvalue weighted by molar-refractivity contribution is -0.117. The molecule has 2 amide bonds. The fourth-order valence-corrected chi connectivity index (χ4v) is 5.37. The van der Waals surface area contributed by atoms with Gasteiger partial charge < -0.3 is 10.4 Å². The molecule has 0 bridgehead atoms. The predicted molar refractivity (Wildman–Crippen MR) is 114 cm³/mol. The van der Waals surface area contributed by atoms with Gasteiger partial charge in [-0.3, -0.25) is 9.59 Å². The minimum atomic E-state index is -0.463. The van der Waals surface area contributed by atoms with Crippen LogP contribution in [0.4, 0.5) is 5.13 Å². The second kappa shape index (κ2) is 7.61. The van der Waals surface area contributed by atoms with Crippen LogP contribution < -0.4 is 10.3 Å². The van der Waals surface area contributed by atoms with Crippen molar-refractivity contribution in [2.75, 3.05) is 16.1 Å². The van der Waals surface area contributed by atoms with E-state index >= 15 is 0 Å². The molecule has 3 N–H and O–H groups in total. The van der Waals surface area contributed by atoms with Gasteiger partial charge >= 0.3 is 0 Å². The number of thioether (sulfide) groups is 1. The number of aryl methyl sites for hydroxylation is 1. The molecule has 3 heterocycles. The van der Waals surface area contributed by atoms with E-state index in [1.54, 1.807) is 31.2 Å². The highest BCUT2D eigenvalue weighted by atomic mass is 32.2. The molecular formula is C17H16N6O3S3. The quantitative estimate of drug-likeness (QED) is 0.526. The first-order valence-electron chi connectivity index (χ1n) is 8.51. The minimum Gasteiger partial charge on any atom is -0.508 e. The SMILES string of the molecule is CC(=O)Nc1nc(C)c(-c2n[nH]c(=S)n2N2C(=O)CSC2c2ccccc2O)s1. The topological polar surface area (TPSA) is 116 Å². The lowest BCUT2D eigenvalue weighted by Crippen LogP contribution is -2.38. The molecule has 12 heteroatoms. The molecule has 1 aromatic carbocycles. The lowest BCUT2D eigenvalue weighted by Gasteiger charge is -2.26. The summed E-state index contributed by atoms with van der Waals surface area (Å²) in [6, 6.07) is 6.89. The van der Waals surface area contributed by atoms with Gasteiger partial charge in [0.15, 0.2) is 11.0 Å². The Kier molecular flexibility index (Phi) is 5.15. The number of anilines is 1. The summed E-state index contributed by atoms with van der Waals surface area (Å²) in [5, 5.41) is 21.5. The van der Waals surface area contributed by atoms with E-state index in [1.807, 2.05) is 0 Å². The fourth-order valence-electron chi connectivity index (χ4n) is 3.00. The molecule has 0 radical (unpaired) electrons. The molecule has 2 aromatic heterocycles. The molecule has 1 aliphatic rings. The van der Waals surface area contributed by atoms with Gasteiger partial charge in [-0.1, -0.05) is 29.5 Å². The van der Waals surface area contributed by atoms with E-state index < -0.39 is 5.37 Å². The van der Waals surface area contributed by atoms with Crippen LogP contribution in [0.15, 0.2) is 24.3 Å². The van der Waals surface area contributed by atoms with E-state index in [2.05, 4.69) is 20.5 Å². The summed E-state index contributed by atoms with van der Waals surface area (Å²) in [7, 11) is 0. The highest BCUT2D eigenvalue weighted by molar-refractivity contribution is 8.00. The third-order valence-corrected chi connectivity index (χ3v) is 6.71. The summed E-state index contributed by atoms with van der Waals surface area (Å²) in [6.07, 6.45) is 0. The first kappa shape index (κ1) is 19.6. The maximum atomic E-state index is 12.8. The summed E-state index contributed by atoms with van der Waals surface area (Å²) < 4.78 is 1.78. The number of aromatic amines is 1. The predicted octanol–water partition coefficient (Wildman–Crippen LogP) is 2.95. The molecule has 1 aliphatic heterocycles. The van der Waals surface area contributed by atoms with Gasteiger partial charge in [-0.2, -0.15) is 5.10 Å². The number of benzene rings is 1. The van der Waals surface area contributed by atoms with Crippen LogP contribution in [0.5, 0.6) is 5.75 Å². The molecule has 0 saturated carbocycles. The Morgan fingerprint density at radius 2 is 2.17 bits per heavy atom. The van der Waals surface area contributed by atoms with E-state index in [4.69, 9.17) is 12.2 Å². The van der Waals surface area contributed by atoms with Crippen LogP contribution in [0.1, 0.15) is 23.6 Å². The molecule has 0 aliphatic carbocycles. The monoisotopic (exact) mass is 448 g/mol. The maximum Gasteiger partial charge on any atom is 0.252 e. The molecule has 9 nitrogen and oxygen atoms in total. The first-order valence-corrected chi connectivity index (χ1v) is 10.8. The molecule has 150 valence electrons. The Morgan fingerprint density at radius 1 is 1.41 bits per heavy atom. The van der Waals surface area contributed by atoms with Crippen molar-refractivity contribution in [1.82, 2.24) is 19.9 Å². The molecule has 0 spiro atoms. The van der Waals surface area contributed by atoms with Crippen molar-refractivity contribution >= 4 is 52.3 Å². The normalized spacial score (nSPS) is 16.4. The van der Waals surface area contributed by atoms with Gasteiger partial charge in [0.1, 0.15) is 11.1 Å². The number of phenolic OH excluding ortho intramolecular Hbond substituents is 1. The summed E-state index contributed by atoms with van der Waals surface area (Å²) in [5.41, 5.74) is 1.25. The molecule has 1 fully saturated rings. The molecular weight excluding hydrogens is 432 g/mol. The van der Waals surface area contributed by atoms with E-state index in [9.17, 15) is 14.7 Å². The summed E-state index contributed by atoms with van der Waals surface area (Å²) in [6.45, 7) is 3.20. The number of hydrogen-bond acceptors (Lipinski definition) is 8. The standard InChI is InChI=1S/C17H16N6O3S3/c1-8-13(29-16(18-8)19-9(2)24)14-20-21-17(27)23(14)22-12(26)7-28-15(22)10-5-3-4-6-11(10)25/h3-6,15,25H,7H2,1-2H3,(H,21,27)(H,18,19,24). The number of rotatable bonds is 4. The number of hydrogen-bond donors (Lipinski definition) is 3. The van der Waals surface area contributed by atoms with E-state index in [0.717, 1.165) is 0 Å². The number of nitrogens with zero attached hydrogens (tertiary/aromatic N) is 4. The number of nitrogens with one attached hydrogen (secondary N) is 2. The number of aromatic hydroxyl groups is 1. The van der Waals surface area contributed by atoms with Crippen LogP contribution in [-0.4, -0.2) is 42.5 Å². The maximum absolute atomic E-state index is 12.8. The number of thiazole rings is 1. The molecule has 1 unspecified atom stereocenters. The number of carbonyl (C=O) groups excluding carboxylic acids is 2. The van der Waals surface area contributed by atoms with Gasteiger partial charge in [-0.25, -0.2) is 19.8 Å². The number of carbonyl (C=O) groups is 2. The molecule has 1 atom stereocenters. The van der Waals surface area contributed by atoms with Crippen LogP contribution in [0, 0.1) is 11.7 Å². The van der Waals surface area contributed by atoms with Crippen molar-refractivity contribution in [2.24, 2.45) is 0 Å².